The van der Waals surface area contributed by atoms with Crippen LogP contribution in [0.1, 0.15) is 65.5 Å². The highest BCUT2D eigenvalue weighted by Gasteiger charge is 2.41. The highest BCUT2D eigenvalue weighted by Crippen LogP contribution is 2.38. The first kappa shape index (κ1) is 26.2. The van der Waals surface area contributed by atoms with Gasteiger partial charge in [-0.3, -0.25) is 9.36 Å². The molecule has 0 aromatic carbocycles. The van der Waals surface area contributed by atoms with Gasteiger partial charge in [0.05, 0.1) is 12.9 Å². The lowest BCUT2D eigenvalue weighted by molar-refractivity contribution is -0.154. The monoisotopic (exact) mass is 491 g/mol. The molecule has 2 N–H and O–H groups in total. The topological polar surface area (TPSA) is 141 Å². The lowest BCUT2D eigenvalue weighted by atomic mass is 10.0. The SMILES string of the molecule is C#CC1(COC(=O)OCCCCCC(=O)OC(C)(C)C)CCC(n2cnc3c(N)nc(F)nc32)O1. The summed E-state index contributed by atoms with van der Waals surface area (Å²) in [4.78, 5) is 35.0. The summed E-state index contributed by atoms with van der Waals surface area (Å²) in [6, 6.07) is 0. The fourth-order valence-electron chi connectivity index (χ4n) is 3.62. The van der Waals surface area contributed by atoms with Crippen molar-refractivity contribution in [2.24, 2.45) is 0 Å². The molecule has 0 amide bonds. The molecule has 35 heavy (non-hydrogen) atoms. The van der Waals surface area contributed by atoms with Crippen LogP contribution in [0.15, 0.2) is 6.33 Å². The van der Waals surface area contributed by atoms with Crippen LogP contribution in [-0.2, 0) is 23.7 Å². The third kappa shape index (κ3) is 7.02. The Balaban J connectivity index is 1.41. The molecule has 190 valence electrons. The molecular weight excluding hydrogens is 461 g/mol. The number of fused-ring (bicyclic) bond motifs is 1. The van der Waals surface area contributed by atoms with Crippen molar-refractivity contribution in [1.29, 1.82) is 0 Å². The number of esters is 1. The first-order valence-corrected chi connectivity index (χ1v) is 11.3. The van der Waals surface area contributed by atoms with Gasteiger partial charge in [-0.15, -0.1) is 6.42 Å². The van der Waals surface area contributed by atoms with Crippen LogP contribution in [0.25, 0.3) is 11.2 Å². The molecule has 12 heteroatoms. The van der Waals surface area contributed by atoms with E-state index in [1.165, 1.54) is 10.9 Å². The Hall–Kier alpha value is -3.46. The molecule has 2 unspecified atom stereocenters. The standard InChI is InChI=1S/C23H30FN5O6/c1-5-23(13-33-21(31)32-12-8-6-7-9-16(30)35-22(2,3)4)11-10-15(34-23)29-14-26-17-18(25)27-20(24)28-19(17)29/h1,14-15H,6-13H2,2-4H3,(H2,25,27,28). The average molecular weight is 492 g/mol. The van der Waals surface area contributed by atoms with E-state index in [9.17, 15) is 14.0 Å². The molecule has 11 nitrogen and oxygen atoms in total. The van der Waals surface area contributed by atoms with Gasteiger partial charge in [0.15, 0.2) is 22.6 Å². The molecule has 1 saturated heterocycles. The summed E-state index contributed by atoms with van der Waals surface area (Å²) in [5.74, 6) is 2.21. The summed E-state index contributed by atoms with van der Waals surface area (Å²) in [5.41, 5.74) is 4.45. The van der Waals surface area contributed by atoms with Gasteiger partial charge in [0.25, 0.3) is 0 Å². The van der Waals surface area contributed by atoms with Gasteiger partial charge in [-0.1, -0.05) is 5.92 Å². The molecule has 1 aliphatic rings. The Morgan fingerprint density at radius 1 is 1.31 bits per heavy atom. The van der Waals surface area contributed by atoms with Crippen molar-refractivity contribution in [3.8, 4) is 12.3 Å². The molecule has 2 atom stereocenters. The number of nitrogen functional groups attached to an aromatic ring is 1. The van der Waals surface area contributed by atoms with Gasteiger partial charge in [-0.05, 0) is 52.9 Å². The number of hydrogen-bond acceptors (Lipinski definition) is 10. The molecule has 0 spiro atoms. The molecular formula is C23H30FN5O6. The van der Waals surface area contributed by atoms with Crippen LogP contribution in [-0.4, -0.2) is 56.1 Å². The quantitative estimate of drug-likeness (QED) is 0.240. The van der Waals surface area contributed by atoms with E-state index in [4.69, 9.17) is 31.1 Å². The van der Waals surface area contributed by atoms with E-state index in [0.29, 0.717) is 38.5 Å². The maximum absolute atomic E-state index is 13.6. The minimum Gasteiger partial charge on any atom is -0.460 e. The number of anilines is 1. The third-order valence-electron chi connectivity index (χ3n) is 5.24. The minimum absolute atomic E-state index is 0.0802. The molecule has 0 aliphatic carbocycles. The Labute approximate surface area is 202 Å². The Kier molecular flexibility index (Phi) is 8.11. The summed E-state index contributed by atoms with van der Waals surface area (Å²) in [6.07, 6.45) is 7.70. The van der Waals surface area contributed by atoms with Gasteiger partial charge < -0.3 is 24.7 Å². The van der Waals surface area contributed by atoms with Crippen LogP contribution in [0.2, 0.25) is 0 Å². The summed E-state index contributed by atoms with van der Waals surface area (Å²) < 4.78 is 36.6. The van der Waals surface area contributed by atoms with Crippen LogP contribution in [0.4, 0.5) is 15.0 Å². The molecule has 3 heterocycles. The maximum Gasteiger partial charge on any atom is 0.508 e. The van der Waals surface area contributed by atoms with E-state index < -0.39 is 29.7 Å². The zero-order chi connectivity index (χ0) is 25.6. The molecule has 2 aromatic rings. The molecule has 0 saturated carbocycles. The summed E-state index contributed by atoms with van der Waals surface area (Å²) in [6.45, 7) is 5.38. The third-order valence-corrected chi connectivity index (χ3v) is 5.24. The predicted octanol–water partition coefficient (Wildman–Crippen LogP) is 3.28. The van der Waals surface area contributed by atoms with Crippen LogP contribution in [0.5, 0.6) is 0 Å². The highest BCUT2D eigenvalue weighted by atomic mass is 19.1. The van der Waals surface area contributed by atoms with E-state index in [-0.39, 0.29) is 36.2 Å². The van der Waals surface area contributed by atoms with E-state index in [1.54, 1.807) is 0 Å². The Morgan fingerprint density at radius 2 is 2.09 bits per heavy atom. The van der Waals surface area contributed by atoms with Crippen molar-refractivity contribution in [3.05, 3.63) is 12.4 Å². The number of imidazole rings is 1. The van der Waals surface area contributed by atoms with Gasteiger partial charge in [0.2, 0.25) is 0 Å². The van der Waals surface area contributed by atoms with Crippen LogP contribution in [0, 0.1) is 18.4 Å². The maximum atomic E-state index is 13.6. The van der Waals surface area contributed by atoms with Crippen LogP contribution >= 0.6 is 0 Å². The zero-order valence-corrected chi connectivity index (χ0v) is 20.1. The highest BCUT2D eigenvalue weighted by molar-refractivity contribution is 5.81. The van der Waals surface area contributed by atoms with Crippen molar-refractivity contribution in [1.82, 2.24) is 19.5 Å². The number of hydrogen-bond donors (Lipinski definition) is 1. The molecule has 0 radical (unpaired) electrons. The van der Waals surface area contributed by atoms with E-state index in [2.05, 4.69) is 20.9 Å². The van der Waals surface area contributed by atoms with Gasteiger partial charge in [0, 0.05) is 6.42 Å². The van der Waals surface area contributed by atoms with Crippen molar-refractivity contribution < 1.29 is 32.9 Å². The fraction of sp³-hybridized carbons (Fsp3) is 0.609. The Bertz CT molecular complexity index is 1110. The molecule has 2 aromatic heterocycles. The molecule has 1 aliphatic heterocycles. The number of terminal acetylenes is 1. The van der Waals surface area contributed by atoms with Gasteiger partial charge >= 0.3 is 18.2 Å². The molecule has 3 rings (SSSR count). The summed E-state index contributed by atoms with van der Waals surface area (Å²) in [7, 11) is 0. The number of nitrogens with zero attached hydrogens (tertiary/aromatic N) is 4. The zero-order valence-electron chi connectivity index (χ0n) is 20.1. The minimum atomic E-state index is -1.18. The van der Waals surface area contributed by atoms with Crippen molar-refractivity contribution in [2.45, 2.75) is 76.7 Å². The second kappa shape index (κ2) is 10.9. The van der Waals surface area contributed by atoms with Gasteiger partial charge in [-0.25, -0.2) is 9.78 Å². The largest absolute Gasteiger partial charge is 0.508 e. The molecule has 1 fully saturated rings. The Morgan fingerprint density at radius 3 is 2.80 bits per heavy atom. The normalized spacial score (nSPS) is 19.9. The molecule has 0 bridgehead atoms. The number of ether oxygens (including phenoxy) is 4. The van der Waals surface area contributed by atoms with E-state index in [1.807, 2.05) is 20.8 Å². The first-order chi connectivity index (χ1) is 16.5. The van der Waals surface area contributed by atoms with Crippen molar-refractivity contribution in [2.75, 3.05) is 18.9 Å². The van der Waals surface area contributed by atoms with Gasteiger partial charge in [-0.2, -0.15) is 14.4 Å². The van der Waals surface area contributed by atoms with Crippen molar-refractivity contribution >= 4 is 29.1 Å². The second-order valence-electron chi connectivity index (χ2n) is 9.24. The lowest BCUT2D eigenvalue weighted by Crippen LogP contribution is -2.34. The lowest BCUT2D eigenvalue weighted by Gasteiger charge is -2.23. The second-order valence-corrected chi connectivity index (χ2v) is 9.24. The van der Waals surface area contributed by atoms with E-state index in [0.717, 1.165) is 0 Å². The number of carbonyl (C=O) groups excluding carboxylic acids is 2. The van der Waals surface area contributed by atoms with Crippen LogP contribution < -0.4 is 5.73 Å². The first-order valence-electron chi connectivity index (χ1n) is 11.3. The average Bonchev–Trinajstić information content (AvgIpc) is 3.38. The number of aromatic nitrogens is 4. The number of nitrogens with two attached hydrogens (primary N) is 1. The fourth-order valence-corrected chi connectivity index (χ4v) is 3.62. The van der Waals surface area contributed by atoms with Crippen molar-refractivity contribution in [3.63, 3.8) is 0 Å². The number of carbonyl (C=O) groups is 2. The predicted molar refractivity (Wildman–Crippen MR) is 122 cm³/mol. The number of unbranched alkanes of at least 4 members (excludes halogenated alkanes) is 2. The number of halogens is 1. The smallest absolute Gasteiger partial charge is 0.460 e. The summed E-state index contributed by atoms with van der Waals surface area (Å²) >= 11 is 0. The van der Waals surface area contributed by atoms with E-state index >= 15 is 0 Å². The van der Waals surface area contributed by atoms with Crippen LogP contribution in [0.3, 0.4) is 0 Å². The summed E-state index contributed by atoms with van der Waals surface area (Å²) in [5, 5.41) is 0. The number of rotatable bonds is 9. The van der Waals surface area contributed by atoms with Gasteiger partial charge in [0.1, 0.15) is 18.4 Å².